The Morgan fingerprint density at radius 2 is 2.25 bits per heavy atom. The quantitative estimate of drug-likeness (QED) is 0.810. The van der Waals surface area contributed by atoms with E-state index in [-0.39, 0.29) is 11.5 Å². The van der Waals surface area contributed by atoms with E-state index in [2.05, 4.69) is 5.10 Å². The molecule has 20 heavy (non-hydrogen) atoms. The highest BCUT2D eigenvalue weighted by Crippen LogP contribution is 2.29. The van der Waals surface area contributed by atoms with Crippen molar-refractivity contribution in [1.29, 1.82) is 0 Å². The standard InChI is InChI=1S/C14H19N3O2S/c1-9-10-7-11(20-13(10)16(4)15-9)12(18)17-5-6-19-14(2,3)8-17/h7H,5-6,8H2,1-4H3. The van der Waals surface area contributed by atoms with Crippen molar-refractivity contribution in [3.05, 3.63) is 16.6 Å². The molecule has 0 spiro atoms. The third kappa shape index (κ3) is 2.23. The van der Waals surface area contributed by atoms with E-state index in [1.165, 1.54) is 11.3 Å². The van der Waals surface area contributed by atoms with Crippen LogP contribution in [0.2, 0.25) is 0 Å². The van der Waals surface area contributed by atoms with Crippen LogP contribution in [0.4, 0.5) is 0 Å². The normalized spacial score (nSPS) is 18.7. The third-order valence-electron chi connectivity index (χ3n) is 3.62. The first kappa shape index (κ1) is 13.6. The zero-order valence-electron chi connectivity index (χ0n) is 12.3. The fraction of sp³-hybridized carbons (Fsp3) is 0.571. The number of hydrogen-bond donors (Lipinski definition) is 0. The first-order chi connectivity index (χ1) is 9.37. The molecule has 0 atom stereocenters. The van der Waals surface area contributed by atoms with E-state index < -0.39 is 0 Å². The Morgan fingerprint density at radius 1 is 1.50 bits per heavy atom. The topological polar surface area (TPSA) is 47.4 Å². The molecule has 1 amide bonds. The first-order valence-electron chi connectivity index (χ1n) is 6.74. The Bertz CT molecular complexity index is 637. The highest BCUT2D eigenvalue weighted by atomic mass is 32.1. The second-order valence-electron chi connectivity index (χ2n) is 5.87. The number of rotatable bonds is 1. The molecule has 0 unspecified atom stereocenters. The maximum atomic E-state index is 12.6. The molecule has 3 rings (SSSR count). The van der Waals surface area contributed by atoms with Crippen LogP contribution in [0.5, 0.6) is 0 Å². The molecule has 0 aliphatic carbocycles. The van der Waals surface area contributed by atoms with Gasteiger partial charge in [-0.25, -0.2) is 0 Å². The number of thiophene rings is 1. The van der Waals surface area contributed by atoms with Crippen LogP contribution in [0.15, 0.2) is 6.07 Å². The minimum atomic E-state index is -0.262. The van der Waals surface area contributed by atoms with Crippen molar-refractivity contribution in [2.75, 3.05) is 19.7 Å². The summed E-state index contributed by atoms with van der Waals surface area (Å²) in [4.78, 5) is 16.4. The minimum Gasteiger partial charge on any atom is -0.372 e. The molecular formula is C14H19N3O2S. The molecule has 1 aliphatic heterocycles. The minimum absolute atomic E-state index is 0.0991. The molecule has 108 valence electrons. The van der Waals surface area contributed by atoms with Crippen molar-refractivity contribution in [2.45, 2.75) is 26.4 Å². The van der Waals surface area contributed by atoms with Crippen molar-refractivity contribution in [1.82, 2.24) is 14.7 Å². The van der Waals surface area contributed by atoms with Crippen molar-refractivity contribution in [3.8, 4) is 0 Å². The van der Waals surface area contributed by atoms with Gasteiger partial charge in [-0.1, -0.05) is 0 Å². The van der Waals surface area contributed by atoms with Crippen LogP contribution in [0.1, 0.15) is 29.2 Å². The zero-order valence-corrected chi connectivity index (χ0v) is 13.1. The smallest absolute Gasteiger partial charge is 0.264 e. The van der Waals surface area contributed by atoms with Crippen molar-refractivity contribution >= 4 is 27.5 Å². The Morgan fingerprint density at radius 3 is 2.90 bits per heavy atom. The second kappa shape index (κ2) is 4.56. The maximum absolute atomic E-state index is 12.6. The van der Waals surface area contributed by atoms with Crippen molar-refractivity contribution < 1.29 is 9.53 Å². The van der Waals surface area contributed by atoms with E-state index in [9.17, 15) is 4.79 Å². The fourth-order valence-electron chi connectivity index (χ4n) is 2.66. The molecule has 6 heteroatoms. The first-order valence-corrected chi connectivity index (χ1v) is 7.55. The lowest BCUT2D eigenvalue weighted by atomic mass is 10.1. The predicted octanol–water partition coefficient (Wildman–Crippen LogP) is 2.19. The lowest BCUT2D eigenvalue weighted by Gasteiger charge is -2.37. The molecule has 5 nitrogen and oxygen atoms in total. The number of hydrogen-bond acceptors (Lipinski definition) is 4. The Balaban J connectivity index is 1.90. The van der Waals surface area contributed by atoms with Crippen LogP contribution in [-0.4, -0.2) is 45.9 Å². The predicted molar refractivity (Wildman–Crippen MR) is 79.3 cm³/mol. The van der Waals surface area contributed by atoms with Crippen molar-refractivity contribution in [2.24, 2.45) is 7.05 Å². The number of carbonyl (C=O) groups excluding carboxylic acids is 1. The highest BCUT2D eigenvalue weighted by Gasteiger charge is 2.31. The highest BCUT2D eigenvalue weighted by molar-refractivity contribution is 7.20. The summed E-state index contributed by atoms with van der Waals surface area (Å²) in [6, 6.07) is 1.97. The van der Waals surface area contributed by atoms with Gasteiger partial charge in [0.15, 0.2) is 0 Å². The molecule has 2 aromatic heterocycles. The summed E-state index contributed by atoms with van der Waals surface area (Å²) in [5.41, 5.74) is 0.710. The van der Waals surface area contributed by atoms with Gasteiger partial charge in [0, 0.05) is 25.5 Å². The summed E-state index contributed by atoms with van der Waals surface area (Å²) in [6.07, 6.45) is 0. The van der Waals surface area contributed by atoms with Gasteiger partial charge in [-0.05, 0) is 26.8 Å². The molecule has 1 aliphatic rings. The van der Waals surface area contributed by atoms with Crippen LogP contribution in [0.3, 0.4) is 0 Å². The number of aryl methyl sites for hydroxylation is 2. The molecule has 0 saturated carbocycles. The number of nitrogens with zero attached hydrogens (tertiary/aromatic N) is 3. The van der Waals surface area contributed by atoms with E-state index in [0.29, 0.717) is 19.7 Å². The number of aromatic nitrogens is 2. The molecule has 1 saturated heterocycles. The van der Waals surface area contributed by atoms with Crippen molar-refractivity contribution in [3.63, 3.8) is 0 Å². The van der Waals surface area contributed by atoms with Gasteiger partial charge in [0.05, 0.1) is 22.8 Å². The molecular weight excluding hydrogens is 274 g/mol. The van der Waals surface area contributed by atoms with Gasteiger partial charge in [-0.3, -0.25) is 9.48 Å². The zero-order chi connectivity index (χ0) is 14.5. The molecule has 2 aromatic rings. The summed E-state index contributed by atoms with van der Waals surface area (Å²) in [5, 5.41) is 5.45. The molecule has 0 N–H and O–H groups in total. The van der Waals surface area contributed by atoms with Gasteiger partial charge in [0.25, 0.3) is 5.91 Å². The molecule has 0 bridgehead atoms. The van der Waals surface area contributed by atoms with Gasteiger partial charge in [-0.15, -0.1) is 11.3 Å². The molecule has 0 aromatic carbocycles. The Hall–Kier alpha value is -1.40. The molecule has 0 radical (unpaired) electrons. The Labute approximate surface area is 122 Å². The monoisotopic (exact) mass is 293 g/mol. The average molecular weight is 293 g/mol. The summed E-state index contributed by atoms with van der Waals surface area (Å²) in [6.45, 7) is 7.91. The Kier molecular flexibility index (Phi) is 3.10. The molecule has 3 heterocycles. The van der Waals surface area contributed by atoms with Gasteiger partial charge in [0.1, 0.15) is 4.83 Å². The lowest BCUT2D eigenvalue weighted by Crippen LogP contribution is -2.50. The number of ether oxygens (including phenoxy) is 1. The number of fused-ring (bicyclic) bond motifs is 1. The van der Waals surface area contributed by atoms with E-state index >= 15 is 0 Å². The summed E-state index contributed by atoms with van der Waals surface area (Å²) >= 11 is 1.52. The van der Waals surface area contributed by atoms with Crippen LogP contribution >= 0.6 is 11.3 Å². The van der Waals surface area contributed by atoms with E-state index in [0.717, 1.165) is 20.8 Å². The second-order valence-corrected chi connectivity index (χ2v) is 6.90. The third-order valence-corrected chi connectivity index (χ3v) is 4.81. The number of morpholine rings is 1. The van der Waals surface area contributed by atoms with Gasteiger partial charge < -0.3 is 9.64 Å². The van der Waals surface area contributed by atoms with Crippen LogP contribution < -0.4 is 0 Å². The van der Waals surface area contributed by atoms with Crippen LogP contribution in [0, 0.1) is 6.92 Å². The summed E-state index contributed by atoms with van der Waals surface area (Å²) in [7, 11) is 1.91. The van der Waals surface area contributed by atoms with Gasteiger partial charge in [-0.2, -0.15) is 5.10 Å². The number of carbonyl (C=O) groups is 1. The average Bonchev–Trinajstić information content (AvgIpc) is 2.90. The van der Waals surface area contributed by atoms with E-state index in [1.54, 1.807) is 0 Å². The van der Waals surface area contributed by atoms with Crippen LogP contribution in [-0.2, 0) is 11.8 Å². The maximum Gasteiger partial charge on any atom is 0.264 e. The summed E-state index contributed by atoms with van der Waals surface area (Å²) in [5.74, 6) is 0.0991. The SMILES string of the molecule is Cc1nn(C)c2sc(C(=O)N3CCOC(C)(C)C3)cc12. The fourth-order valence-corrected chi connectivity index (χ4v) is 3.75. The van der Waals surface area contributed by atoms with Gasteiger partial charge in [0.2, 0.25) is 0 Å². The van der Waals surface area contributed by atoms with Gasteiger partial charge >= 0.3 is 0 Å². The molecule has 1 fully saturated rings. The van der Waals surface area contributed by atoms with E-state index in [1.807, 2.05) is 43.5 Å². The largest absolute Gasteiger partial charge is 0.372 e. The number of amides is 1. The van der Waals surface area contributed by atoms with E-state index in [4.69, 9.17) is 4.74 Å². The lowest BCUT2D eigenvalue weighted by molar-refractivity contribution is -0.0763. The van der Waals surface area contributed by atoms with Crippen LogP contribution in [0.25, 0.3) is 10.2 Å². The summed E-state index contributed by atoms with van der Waals surface area (Å²) < 4.78 is 7.50.